The van der Waals surface area contributed by atoms with Crippen LogP contribution >= 0.6 is 11.3 Å². The van der Waals surface area contributed by atoms with Gasteiger partial charge in [-0.25, -0.2) is 0 Å². The number of hydrogen-bond acceptors (Lipinski definition) is 1. The van der Waals surface area contributed by atoms with E-state index >= 15 is 0 Å². The lowest BCUT2D eigenvalue weighted by Crippen LogP contribution is -1.93. The highest BCUT2D eigenvalue weighted by atomic mass is 32.1. The van der Waals surface area contributed by atoms with Gasteiger partial charge in [0.15, 0.2) is 0 Å². The third kappa shape index (κ3) is 5.10. The van der Waals surface area contributed by atoms with Gasteiger partial charge in [0.1, 0.15) is 0 Å². The Balaban J connectivity index is 0.904. The van der Waals surface area contributed by atoms with Crippen molar-refractivity contribution in [1.82, 2.24) is 9.13 Å². The summed E-state index contributed by atoms with van der Waals surface area (Å²) >= 11 is 1.87. The maximum atomic E-state index is 2.42. The zero-order valence-corrected chi connectivity index (χ0v) is 31.7. The van der Waals surface area contributed by atoms with Gasteiger partial charge in [-0.3, -0.25) is 0 Å². The van der Waals surface area contributed by atoms with Crippen molar-refractivity contribution in [2.75, 3.05) is 0 Å². The van der Waals surface area contributed by atoms with Crippen LogP contribution in [0.5, 0.6) is 0 Å². The summed E-state index contributed by atoms with van der Waals surface area (Å²) < 4.78 is 7.46. The van der Waals surface area contributed by atoms with Crippen LogP contribution in [0.15, 0.2) is 206 Å². The first-order valence-corrected chi connectivity index (χ1v) is 20.3. The molecule has 57 heavy (non-hydrogen) atoms. The van der Waals surface area contributed by atoms with E-state index in [-0.39, 0.29) is 0 Å². The fourth-order valence-corrected chi connectivity index (χ4v) is 10.1. The number of hydrogen-bond donors (Lipinski definition) is 0. The van der Waals surface area contributed by atoms with Gasteiger partial charge in [0, 0.05) is 53.1 Å². The van der Waals surface area contributed by atoms with Gasteiger partial charge in [0.25, 0.3) is 0 Å². The highest BCUT2D eigenvalue weighted by Crippen LogP contribution is 2.40. The van der Waals surface area contributed by atoms with E-state index in [0.29, 0.717) is 0 Å². The van der Waals surface area contributed by atoms with Crippen LogP contribution in [0.4, 0.5) is 0 Å². The average Bonchev–Trinajstić information content (AvgIpc) is 3.94. The molecule has 0 atom stereocenters. The Hall–Kier alpha value is -7.20. The maximum Gasteiger partial charge on any atom is 0.0541 e. The maximum absolute atomic E-state index is 2.42. The van der Waals surface area contributed by atoms with Crippen molar-refractivity contribution in [2.45, 2.75) is 0 Å². The molecule has 0 aliphatic rings. The zero-order chi connectivity index (χ0) is 37.5. The summed E-state index contributed by atoms with van der Waals surface area (Å²) in [5.41, 5.74) is 14.5. The van der Waals surface area contributed by atoms with Crippen molar-refractivity contribution in [1.29, 1.82) is 0 Å². The number of benzene rings is 9. The predicted molar refractivity (Wildman–Crippen MR) is 244 cm³/mol. The normalized spacial score (nSPS) is 11.9. The van der Waals surface area contributed by atoms with E-state index in [0.717, 1.165) is 5.69 Å². The first-order chi connectivity index (χ1) is 28.2. The van der Waals surface area contributed by atoms with Crippen LogP contribution in [0.25, 0.3) is 109 Å². The number of thiophene rings is 1. The molecule has 2 nitrogen and oxygen atoms in total. The van der Waals surface area contributed by atoms with Gasteiger partial charge < -0.3 is 9.13 Å². The van der Waals surface area contributed by atoms with Crippen LogP contribution in [0.2, 0.25) is 0 Å². The monoisotopic (exact) mass is 742 g/mol. The SMILES string of the molecule is c1ccc(-c2ccc(-n3c4ccccc4c4cc(-c5ccc(-c6ccc7c(c6)c6ccccc6n7-c6ccc7c(c6)sc6ccccc67)cc5)ccc43)cc2)cc1. The summed E-state index contributed by atoms with van der Waals surface area (Å²) in [5, 5.41) is 7.70. The molecule has 0 spiro atoms. The molecule has 0 bridgehead atoms. The summed E-state index contributed by atoms with van der Waals surface area (Å²) in [4.78, 5) is 0. The second kappa shape index (κ2) is 12.7. The molecule has 3 heteroatoms. The molecule has 0 fully saturated rings. The average molecular weight is 743 g/mol. The topological polar surface area (TPSA) is 9.86 Å². The molecule has 12 rings (SSSR count). The van der Waals surface area contributed by atoms with Crippen molar-refractivity contribution in [3.8, 4) is 44.8 Å². The van der Waals surface area contributed by atoms with Gasteiger partial charge in [0.05, 0.1) is 22.1 Å². The second-order valence-electron chi connectivity index (χ2n) is 14.9. The number of fused-ring (bicyclic) bond motifs is 9. The van der Waals surface area contributed by atoms with E-state index in [1.165, 1.54) is 103 Å². The standard InChI is InChI=1S/C54H34N2S/c1-2-10-35(11-3-1)36-22-26-41(27-23-36)55-49-15-7-4-12-43(49)47-32-39(24-30-51(47)55)37-18-20-38(21-19-37)40-25-31-52-48(33-40)44-13-5-8-16-50(44)56(52)42-28-29-46-45-14-6-9-17-53(45)57-54(46)34-42/h1-34H. The molecule has 266 valence electrons. The predicted octanol–water partition coefficient (Wildman–Crippen LogP) is 15.2. The molecule has 0 aliphatic heterocycles. The minimum Gasteiger partial charge on any atom is -0.309 e. The number of nitrogens with zero attached hydrogens (tertiary/aromatic N) is 2. The number of aromatic nitrogens is 2. The van der Waals surface area contributed by atoms with Gasteiger partial charge >= 0.3 is 0 Å². The molecule has 0 saturated heterocycles. The van der Waals surface area contributed by atoms with Crippen LogP contribution < -0.4 is 0 Å². The van der Waals surface area contributed by atoms with Gasteiger partial charge in [-0.05, 0) is 100 Å². The molecule has 3 heterocycles. The molecule has 12 aromatic rings. The van der Waals surface area contributed by atoms with Crippen molar-refractivity contribution in [3.63, 3.8) is 0 Å². The summed E-state index contributed by atoms with van der Waals surface area (Å²) in [6.07, 6.45) is 0. The first-order valence-electron chi connectivity index (χ1n) is 19.5. The summed E-state index contributed by atoms with van der Waals surface area (Å²) in [6.45, 7) is 0. The van der Waals surface area contributed by atoms with Crippen LogP contribution in [0.1, 0.15) is 0 Å². The van der Waals surface area contributed by atoms with E-state index in [1.807, 2.05) is 11.3 Å². The van der Waals surface area contributed by atoms with Crippen LogP contribution in [0, 0.1) is 0 Å². The van der Waals surface area contributed by atoms with Crippen molar-refractivity contribution < 1.29 is 0 Å². The third-order valence-electron chi connectivity index (χ3n) is 11.7. The Labute approximate surface area is 333 Å². The van der Waals surface area contributed by atoms with E-state index < -0.39 is 0 Å². The van der Waals surface area contributed by atoms with E-state index in [9.17, 15) is 0 Å². The molecular formula is C54H34N2S. The number of rotatable bonds is 5. The van der Waals surface area contributed by atoms with Crippen LogP contribution in [-0.4, -0.2) is 9.13 Å². The van der Waals surface area contributed by atoms with Gasteiger partial charge in [0.2, 0.25) is 0 Å². The van der Waals surface area contributed by atoms with E-state index in [2.05, 4.69) is 215 Å². The Morgan fingerprint density at radius 1 is 0.246 bits per heavy atom. The molecule has 0 radical (unpaired) electrons. The van der Waals surface area contributed by atoms with Crippen molar-refractivity contribution >= 4 is 75.1 Å². The fraction of sp³-hybridized carbons (Fsp3) is 0. The molecule has 0 aliphatic carbocycles. The molecule has 3 aromatic heterocycles. The quantitative estimate of drug-likeness (QED) is 0.166. The minimum atomic E-state index is 1.16. The summed E-state index contributed by atoms with van der Waals surface area (Å²) in [7, 11) is 0. The molecule has 0 unspecified atom stereocenters. The minimum absolute atomic E-state index is 1.16. The lowest BCUT2D eigenvalue weighted by Gasteiger charge is -2.10. The van der Waals surface area contributed by atoms with Crippen LogP contribution in [0.3, 0.4) is 0 Å². The molecule has 9 aromatic carbocycles. The highest BCUT2D eigenvalue weighted by molar-refractivity contribution is 7.25. The second-order valence-corrected chi connectivity index (χ2v) is 16.0. The van der Waals surface area contributed by atoms with Crippen LogP contribution in [-0.2, 0) is 0 Å². The molecule has 0 N–H and O–H groups in total. The number of para-hydroxylation sites is 2. The first kappa shape index (κ1) is 32.1. The molecule has 0 amide bonds. The smallest absolute Gasteiger partial charge is 0.0541 e. The van der Waals surface area contributed by atoms with Crippen molar-refractivity contribution in [2.24, 2.45) is 0 Å². The molecule has 0 saturated carbocycles. The lowest BCUT2D eigenvalue weighted by atomic mass is 9.98. The Morgan fingerprint density at radius 2 is 0.667 bits per heavy atom. The lowest BCUT2D eigenvalue weighted by molar-refractivity contribution is 1.18. The highest BCUT2D eigenvalue weighted by Gasteiger charge is 2.16. The fourth-order valence-electron chi connectivity index (χ4n) is 9.00. The largest absolute Gasteiger partial charge is 0.309 e. The molecular weight excluding hydrogens is 709 g/mol. The van der Waals surface area contributed by atoms with Gasteiger partial charge in [-0.2, -0.15) is 0 Å². The zero-order valence-electron chi connectivity index (χ0n) is 30.9. The van der Waals surface area contributed by atoms with Gasteiger partial charge in [-0.1, -0.05) is 140 Å². The van der Waals surface area contributed by atoms with E-state index in [1.54, 1.807) is 0 Å². The summed E-state index contributed by atoms with van der Waals surface area (Å²) in [5.74, 6) is 0. The van der Waals surface area contributed by atoms with Crippen molar-refractivity contribution in [3.05, 3.63) is 206 Å². The Bertz CT molecular complexity index is 3490. The Kier molecular flexibility index (Phi) is 7.13. The van der Waals surface area contributed by atoms with Gasteiger partial charge in [-0.15, -0.1) is 11.3 Å². The van der Waals surface area contributed by atoms with E-state index in [4.69, 9.17) is 0 Å². The summed E-state index contributed by atoms with van der Waals surface area (Å²) in [6, 6.07) is 75.6. The Morgan fingerprint density at radius 3 is 1.30 bits per heavy atom. The third-order valence-corrected chi connectivity index (χ3v) is 12.9.